The monoisotopic (exact) mass is 379 g/mol. The molecule has 1 aromatic carbocycles. The maximum absolute atomic E-state index is 13.4. The van der Waals surface area contributed by atoms with E-state index >= 15 is 0 Å². The quantitative estimate of drug-likeness (QED) is 0.831. The number of fused-ring (bicyclic) bond motifs is 1. The summed E-state index contributed by atoms with van der Waals surface area (Å²) in [5.41, 5.74) is 1.55. The minimum atomic E-state index is -3.60. The van der Waals surface area contributed by atoms with Crippen molar-refractivity contribution in [1.29, 1.82) is 0 Å². The lowest BCUT2D eigenvalue weighted by Gasteiger charge is -2.33. The molecular formula is C17H22FN5O2S. The molecule has 1 aromatic heterocycles. The fourth-order valence-electron chi connectivity index (χ4n) is 3.59. The third-order valence-electron chi connectivity index (χ3n) is 4.98. The van der Waals surface area contributed by atoms with E-state index in [0.29, 0.717) is 44.7 Å². The van der Waals surface area contributed by atoms with Crippen LogP contribution in [0.3, 0.4) is 0 Å². The first-order valence-electron chi connectivity index (χ1n) is 8.81. The molecule has 1 saturated heterocycles. The number of rotatable bonds is 4. The SMILES string of the molecule is O=S(=O)(NC1CCN(c2cccc(F)c2)CC1)c1cnn2c1CNCC2. The molecule has 0 atom stereocenters. The number of piperidine rings is 1. The Morgan fingerprint density at radius 3 is 2.81 bits per heavy atom. The van der Waals surface area contributed by atoms with E-state index in [1.54, 1.807) is 10.7 Å². The zero-order chi connectivity index (χ0) is 18.1. The van der Waals surface area contributed by atoms with Crippen molar-refractivity contribution < 1.29 is 12.8 Å². The summed E-state index contributed by atoms with van der Waals surface area (Å²) in [6.45, 7) is 3.35. The highest BCUT2D eigenvalue weighted by Gasteiger charge is 2.29. The Morgan fingerprint density at radius 2 is 2.04 bits per heavy atom. The van der Waals surface area contributed by atoms with E-state index in [-0.39, 0.29) is 16.8 Å². The van der Waals surface area contributed by atoms with Crippen LogP contribution < -0.4 is 14.9 Å². The lowest BCUT2D eigenvalue weighted by molar-refractivity contribution is 0.455. The van der Waals surface area contributed by atoms with E-state index in [1.165, 1.54) is 18.3 Å². The number of nitrogens with one attached hydrogen (secondary N) is 2. The second-order valence-electron chi connectivity index (χ2n) is 6.72. The number of halogens is 1. The molecule has 0 amide bonds. The van der Waals surface area contributed by atoms with E-state index in [2.05, 4.69) is 20.0 Å². The lowest BCUT2D eigenvalue weighted by atomic mass is 10.1. The number of aromatic nitrogens is 2. The number of hydrogen-bond donors (Lipinski definition) is 2. The van der Waals surface area contributed by atoms with Gasteiger partial charge in [-0.3, -0.25) is 4.68 Å². The first kappa shape index (κ1) is 17.4. The van der Waals surface area contributed by atoms with E-state index in [1.807, 2.05) is 6.07 Å². The zero-order valence-corrected chi connectivity index (χ0v) is 15.2. The molecule has 26 heavy (non-hydrogen) atoms. The molecule has 0 radical (unpaired) electrons. The third-order valence-corrected chi connectivity index (χ3v) is 6.55. The maximum Gasteiger partial charge on any atom is 0.244 e. The fraction of sp³-hybridized carbons (Fsp3) is 0.471. The predicted molar refractivity (Wildman–Crippen MR) is 95.9 cm³/mol. The molecule has 2 aliphatic heterocycles. The largest absolute Gasteiger partial charge is 0.371 e. The van der Waals surface area contributed by atoms with Crippen molar-refractivity contribution in [2.75, 3.05) is 24.5 Å². The molecule has 0 bridgehead atoms. The van der Waals surface area contributed by atoms with Crippen LogP contribution in [0.1, 0.15) is 18.5 Å². The van der Waals surface area contributed by atoms with Crippen LogP contribution in [0.25, 0.3) is 0 Å². The van der Waals surface area contributed by atoms with Crippen molar-refractivity contribution in [1.82, 2.24) is 19.8 Å². The number of sulfonamides is 1. The molecule has 1 fully saturated rings. The highest BCUT2D eigenvalue weighted by atomic mass is 32.2. The van der Waals surface area contributed by atoms with Crippen molar-refractivity contribution in [3.05, 3.63) is 42.0 Å². The first-order valence-corrected chi connectivity index (χ1v) is 10.3. The molecule has 2 aliphatic rings. The van der Waals surface area contributed by atoms with Crippen LogP contribution in [-0.4, -0.2) is 43.9 Å². The van der Waals surface area contributed by atoms with Gasteiger partial charge in [-0.25, -0.2) is 17.5 Å². The molecule has 2 N–H and O–H groups in total. The van der Waals surface area contributed by atoms with Gasteiger partial charge in [-0.2, -0.15) is 5.10 Å². The van der Waals surface area contributed by atoms with Gasteiger partial charge in [0, 0.05) is 37.9 Å². The van der Waals surface area contributed by atoms with E-state index < -0.39 is 10.0 Å². The minimum Gasteiger partial charge on any atom is -0.371 e. The van der Waals surface area contributed by atoms with E-state index in [9.17, 15) is 12.8 Å². The van der Waals surface area contributed by atoms with Gasteiger partial charge in [0.2, 0.25) is 10.0 Å². The summed E-state index contributed by atoms with van der Waals surface area (Å²) >= 11 is 0. The van der Waals surface area contributed by atoms with Crippen molar-refractivity contribution in [3.63, 3.8) is 0 Å². The Balaban J connectivity index is 1.42. The summed E-state index contributed by atoms with van der Waals surface area (Å²) in [5.74, 6) is -0.259. The Kier molecular flexibility index (Phi) is 4.68. The van der Waals surface area contributed by atoms with Crippen molar-refractivity contribution >= 4 is 15.7 Å². The second-order valence-corrected chi connectivity index (χ2v) is 8.40. The van der Waals surface area contributed by atoms with Crippen LogP contribution >= 0.6 is 0 Å². The van der Waals surface area contributed by atoms with E-state index in [0.717, 1.165) is 12.2 Å². The molecule has 0 unspecified atom stereocenters. The molecule has 0 saturated carbocycles. The standard InChI is InChI=1S/C17H22FN5O2S/c18-13-2-1-3-15(10-13)22-7-4-14(5-8-22)21-26(24,25)17-12-20-23-9-6-19-11-16(17)23/h1-3,10,12,14,19,21H,4-9,11H2. The molecule has 0 aliphatic carbocycles. The number of nitrogens with zero attached hydrogens (tertiary/aromatic N) is 3. The van der Waals surface area contributed by atoms with Gasteiger partial charge >= 0.3 is 0 Å². The smallest absolute Gasteiger partial charge is 0.244 e. The Hall–Kier alpha value is -1.97. The molecule has 4 rings (SSSR count). The summed E-state index contributed by atoms with van der Waals surface area (Å²) < 4.78 is 43.5. The van der Waals surface area contributed by atoms with Gasteiger partial charge in [-0.05, 0) is 31.0 Å². The van der Waals surface area contributed by atoms with Gasteiger partial charge in [0.1, 0.15) is 10.7 Å². The van der Waals surface area contributed by atoms with Crippen LogP contribution in [-0.2, 0) is 23.1 Å². The summed E-state index contributed by atoms with van der Waals surface area (Å²) in [5, 5.41) is 7.37. The van der Waals surface area contributed by atoms with Crippen molar-refractivity contribution in [2.45, 2.75) is 36.9 Å². The number of anilines is 1. The van der Waals surface area contributed by atoms with Gasteiger partial charge in [0.15, 0.2) is 0 Å². The topological polar surface area (TPSA) is 79.3 Å². The molecule has 2 aromatic rings. The first-order chi connectivity index (χ1) is 12.5. The third kappa shape index (κ3) is 3.46. The number of benzene rings is 1. The van der Waals surface area contributed by atoms with Gasteiger partial charge in [0.25, 0.3) is 0 Å². The minimum absolute atomic E-state index is 0.128. The van der Waals surface area contributed by atoms with Gasteiger partial charge in [0.05, 0.1) is 18.4 Å². The second kappa shape index (κ2) is 6.98. The van der Waals surface area contributed by atoms with Gasteiger partial charge < -0.3 is 10.2 Å². The van der Waals surface area contributed by atoms with Gasteiger partial charge in [-0.1, -0.05) is 6.07 Å². The Labute approximate surface area is 152 Å². The fourth-order valence-corrected chi connectivity index (χ4v) is 5.07. The normalized spacial score (nSPS) is 18.7. The summed E-state index contributed by atoms with van der Waals surface area (Å²) in [4.78, 5) is 2.34. The molecule has 0 spiro atoms. The molecule has 9 heteroatoms. The maximum atomic E-state index is 13.4. The Morgan fingerprint density at radius 1 is 1.23 bits per heavy atom. The number of hydrogen-bond acceptors (Lipinski definition) is 5. The zero-order valence-electron chi connectivity index (χ0n) is 14.4. The predicted octanol–water partition coefficient (Wildman–Crippen LogP) is 1.07. The Bertz CT molecular complexity index is 890. The lowest BCUT2D eigenvalue weighted by Crippen LogP contribution is -2.45. The van der Waals surface area contributed by atoms with Crippen molar-refractivity contribution in [2.24, 2.45) is 0 Å². The average Bonchev–Trinajstić information content (AvgIpc) is 3.07. The summed E-state index contributed by atoms with van der Waals surface area (Å²) in [6.07, 6.45) is 2.79. The summed E-state index contributed by atoms with van der Waals surface area (Å²) in [6, 6.07) is 6.37. The van der Waals surface area contributed by atoms with Crippen LogP contribution in [0, 0.1) is 5.82 Å². The molecule has 3 heterocycles. The van der Waals surface area contributed by atoms with Crippen LogP contribution in [0.2, 0.25) is 0 Å². The molecule has 7 nitrogen and oxygen atoms in total. The van der Waals surface area contributed by atoms with E-state index in [4.69, 9.17) is 0 Å². The molecular weight excluding hydrogens is 357 g/mol. The van der Waals surface area contributed by atoms with Crippen molar-refractivity contribution in [3.8, 4) is 0 Å². The average molecular weight is 379 g/mol. The summed E-state index contributed by atoms with van der Waals surface area (Å²) in [7, 11) is -3.60. The highest BCUT2D eigenvalue weighted by molar-refractivity contribution is 7.89. The highest BCUT2D eigenvalue weighted by Crippen LogP contribution is 2.23. The van der Waals surface area contributed by atoms with Crippen LogP contribution in [0.4, 0.5) is 10.1 Å². The van der Waals surface area contributed by atoms with Crippen LogP contribution in [0.15, 0.2) is 35.4 Å². The van der Waals surface area contributed by atoms with Crippen LogP contribution in [0.5, 0.6) is 0 Å². The van der Waals surface area contributed by atoms with Gasteiger partial charge in [-0.15, -0.1) is 0 Å². The molecule has 140 valence electrons.